The first-order valence-electron chi connectivity index (χ1n) is 5.40. The Labute approximate surface area is 107 Å². The molecule has 19 heavy (non-hydrogen) atoms. The summed E-state index contributed by atoms with van der Waals surface area (Å²) in [5, 5.41) is 10.7. The lowest BCUT2D eigenvalue weighted by molar-refractivity contribution is -0.387. The highest BCUT2D eigenvalue weighted by Gasteiger charge is 2.18. The number of rotatable bonds is 5. The largest absolute Gasteiger partial charge is 0.469 e. The van der Waals surface area contributed by atoms with Gasteiger partial charge in [-0.15, -0.1) is 0 Å². The molecule has 1 rings (SSSR count). The molecule has 0 saturated heterocycles. The van der Waals surface area contributed by atoms with Gasteiger partial charge in [0.05, 0.1) is 18.2 Å². The molecule has 1 aromatic heterocycles. The minimum absolute atomic E-state index is 0.0226. The number of methoxy groups -OCH3 is 1. The number of nitrogens with zero attached hydrogens (tertiary/aromatic N) is 3. The lowest BCUT2D eigenvalue weighted by Crippen LogP contribution is -2.39. The van der Waals surface area contributed by atoms with Gasteiger partial charge >= 0.3 is 22.9 Å². The van der Waals surface area contributed by atoms with E-state index in [1.165, 1.54) is 14.2 Å². The summed E-state index contributed by atoms with van der Waals surface area (Å²) in [6.45, 7) is -0.0811. The van der Waals surface area contributed by atoms with E-state index < -0.39 is 27.8 Å². The zero-order chi connectivity index (χ0) is 14.6. The van der Waals surface area contributed by atoms with E-state index in [4.69, 9.17) is 0 Å². The van der Waals surface area contributed by atoms with Crippen LogP contribution in [-0.4, -0.2) is 27.1 Å². The van der Waals surface area contributed by atoms with Crippen molar-refractivity contribution in [1.29, 1.82) is 0 Å². The van der Waals surface area contributed by atoms with Crippen LogP contribution in [0.25, 0.3) is 0 Å². The van der Waals surface area contributed by atoms with Gasteiger partial charge in [0.2, 0.25) is 0 Å². The Hall–Kier alpha value is -2.45. The molecule has 104 valence electrons. The van der Waals surface area contributed by atoms with Crippen LogP contribution in [0.2, 0.25) is 0 Å². The molecule has 0 saturated carbocycles. The lowest BCUT2D eigenvalue weighted by atomic mass is 10.3. The summed E-state index contributed by atoms with van der Waals surface area (Å²) in [5.41, 5.74) is -2.32. The van der Waals surface area contributed by atoms with Gasteiger partial charge in [-0.25, -0.2) is 4.79 Å². The number of aromatic nitrogens is 2. The fourth-order valence-corrected chi connectivity index (χ4v) is 1.52. The normalized spacial score (nSPS) is 10.2. The Morgan fingerprint density at radius 2 is 2.11 bits per heavy atom. The topological polar surface area (TPSA) is 113 Å². The maximum Gasteiger partial charge on any atom is 0.350 e. The van der Waals surface area contributed by atoms with Crippen molar-refractivity contribution in [3.63, 3.8) is 0 Å². The quantitative estimate of drug-likeness (QED) is 0.401. The Bertz CT molecular complexity index is 615. The number of carbonyl (C=O) groups is 1. The zero-order valence-electron chi connectivity index (χ0n) is 10.5. The second-order valence-corrected chi connectivity index (χ2v) is 3.80. The molecule has 0 aliphatic rings. The molecule has 0 unspecified atom stereocenters. The van der Waals surface area contributed by atoms with Crippen LogP contribution in [-0.2, 0) is 23.1 Å². The molecular weight excluding hydrogens is 258 g/mol. The highest BCUT2D eigenvalue weighted by molar-refractivity contribution is 5.68. The van der Waals surface area contributed by atoms with E-state index >= 15 is 0 Å². The second kappa shape index (κ2) is 5.94. The fraction of sp³-hybridized carbons (Fsp3) is 0.500. The summed E-state index contributed by atoms with van der Waals surface area (Å²) in [5.74, 6) is -0.477. The molecule has 0 N–H and O–H groups in total. The Balaban J connectivity index is 3.06. The van der Waals surface area contributed by atoms with Crippen LogP contribution < -0.4 is 11.2 Å². The minimum atomic E-state index is -0.974. The number of ether oxygens (including phenoxy) is 1. The van der Waals surface area contributed by atoms with Gasteiger partial charge in [0.1, 0.15) is 0 Å². The number of aryl methyl sites for hydroxylation is 1. The van der Waals surface area contributed by atoms with E-state index in [2.05, 4.69) is 4.74 Å². The standard InChI is InChI=1S/C10H13N3O6/c1-11-6-7(13(17)18)9(15)12(10(11)16)5-3-4-8(14)19-2/h6H,3-5H2,1-2H3. The fourth-order valence-electron chi connectivity index (χ4n) is 1.52. The number of hydrogen-bond donors (Lipinski definition) is 0. The Morgan fingerprint density at radius 1 is 1.47 bits per heavy atom. The molecule has 0 spiro atoms. The molecule has 0 fully saturated rings. The summed E-state index contributed by atoms with van der Waals surface area (Å²) in [6, 6.07) is 0. The lowest BCUT2D eigenvalue weighted by Gasteiger charge is -2.06. The smallest absolute Gasteiger partial charge is 0.350 e. The molecule has 0 aromatic carbocycles. The van der Waals surface area contributed by atoms with Crippen LogP contribution in [0.5, 0.6) is 0 Å². The van der Waals surface area contributed by atoms with Crippen molar-refractivity contribution >= 4 is 11.7 Å². The van der Waals surface area contributed by atoms with Crippen LogP contribution in [0, 0.1) is 10.1 Å². The molecule has 0 aliphatic heterocycles. The maximum atomic E-state index is 11.7. The second-order valence-electron chi connectivity index (χ2n) is 3.80. The van der Waals surface area contributed by atoms with Crippen LogP contribution in [0.3, 0.4) is 0 Å². The summed E-state index contributed by atoms with van der Waals surface area (Å²) in [6.07, 6.45) is 1.08. The van der Waals surface area contributed by atoms with Gasteiger partial charge in [-0.1, -0.05) is 0 Å². The molecular formula is C10H13N3O6. The van der Waals surface area contributed by atoms with Gasteiger partial charge in [0, 0.05) is 20.0 Å². The average molecular weight is 271 g/mol. The molecule has 9 heteroatoms. The van der Waals surface area contributed by atoms with Crippen molar-refractivity contribution in [2.24, 2.45) is 7.05 Å². The van der Waals surface area contributed by atoms with E-state index in [0.717, 1.165) is 15.3 Å². The van der Waals surface area contributed by atoms with E-state index in [1.54, 1.807) is 0 Å². The molecule has 0 bridgehead atoms. The number of hydrogen-bond acceptors (Lipinski definition) is 6. The summed E-state index contributed by atoms with van der Waals surface area (Å²) < 4.78 is 6.11. The Morgan fingerprint density at radius 3 is 2.63 bits per heavy atom. The van der Waals surface area contributed by atoms with E-state index in [0.29, 0.717) is 0 Å². The highest BCUT2D eigenvalue weighted by Crippen LogP contribution is 2.00. The molecule has 0 amide bonds. The number of esters is 1. The van der Waals surface area contributed by atoms with Crippen molar-refractivity contribution in [3.05, 3.63) is 37.1 Å². The van der Waals surface area contributed by atoms with Crippen molar-refractivity contribution in [3.8, 4) is 0 Å². The highest BCUT2D eigenvalue weighted by atomic mass is 16.6. The third-order valence-electron chi connectivity index (χ3n) is 2.50. The van der Waals surface area contributed by atoms with Gasteiger partial charge < -0.3 is 4.74 Å². The van der Waals surface area contributed by atoms with E-state index in [9.17, 15) is 24.5 Å². The first-order valence-corrected chi connectivity index (χ1v) is 5.40. The van der Waals surface area contributed by atoms with Gasteiger partial charge in [0.15, 0.2) is 0 Å². The van der Waals surface area contributed by atoms with Crippen molar-refractivity contribution in [2.75, 3.05) is 7.11 Å². The first-order chi connectivity index (χ1) is 8.88. The summed E-state index contributed by atoms with van der Waals surface area (Å²) >= 11 is 0. The molecule has 0 radical (unpaired) electrons. The van der Waals surface area contributed by atoms with Gasteiger partial charge in [-0.3, -0.25) is 28.8 Å². The molecule has 0 atom stereocenters. The third kappa shape index (κ3) is 3.27. The van der Waals surface area contributed by atoms with Crippen LogP contribution in [0.4, 0.5) is 5.69 Å². The van der Waals surface area contributed by atoms with Gasteiger partial charge in [-0.05, 0) is 6.42 Å². The number of nitro groups is 1. The van der Waals surface area contributed by atoms with Crippen LogP contribution >= 0.6 is 0 Å². The molecule has 1 aromatic rings. The van der Waals surface area contributed by atoms with Crippen molar-refractivity contribution < 1.29 is 14.5 Å². The molecule has 0 aliphatic carbocycles. The predicted molar refractivity (Wildman–Crippen MR) is 63.8 cm³/mol. The monoisotopic (exact) mass is 271 g/mol. The molecule has 9 nitrogen and oxygen atoms in total. The van der Waals surface area contributed by atoms with Crippen LogP contribution in [0.1, 0.15) is 12.8 Å². The number of carbonyl (C=O) groups excluding carboxylic acids is 1. The third-order valence-corrected chi connectivity index (χ3v) is 2.50. The Kier molecular flexibility index (Phi) is 4.56. The maximum absolute atomic E-state index is 11.7. The SMILES string of the molecule is COC(=O)CCCn1c(=O)c([N+](=O)[O-])cn(C)c1=O. The summed E-state index contributed by atoms with van der Waals surface area (Å²) in [4.78, 5) is 44.2. The first kappa shape index (κ1) is 14.6. The van der Waals surface area contributed by atoms with Gasteiger partial charge in [0.25, 0.3) is 0 Å². The zero-order valence-corrected chi connectivity index (χ0v) is 10.5. The van der Waals surface area contributed by atoms with Crippen molar-refractivity contribution in [2.45, 2.75) is 19.4 Å². The summed E-state index contributed by atoms with van der Waals surface area (Å²) in [7, 11) is 2.53. The van der Waals surface area contributed by atoms with E-state index in [1.807, 2.05) is 0 Å². The predicted octanol–water partition coefficient (Wildman–Crippen LogP) is -0.592. The minimum Gasteiger partial charge on any atom is -0.469 e. The molecule has 1 heterocycles. The van der Waals surface area contributed by atoms with Crippen LogP contribution in [0.15, 0.2) is 15.8 Å². The average Bonchev–Trinajstić information content (AvgIpc) is 2.37. The van der Waals surface area contributed by atoms with Crippen molar-refractivity contribution in [1.82, 2.24) is 9.13 Å². The van der Waals surface area contributed by atoms with E-state index in [-0.39, 0.29) is 19.4 Å². The van der Waals surface area contributed by atoms with Gasteiger partial charge in [-0.2, -0.15) is 0 Å².